The van der Waals surface area contributed by atoms with Crippen molar-refractivity contribution in [3.8, 4) is 11.5 Å². The molecule has 1 aliphatic rings. The van der Waals surface area contributed by atoms with Gasteiger partial charge in [0.2, 0.25) is 0 Å². The molecule has 0 unspecified atom stereocenters. The number of ether oxygens (including phenoxy) is 2. The zero-order chi connectivity index (χ0) is 23.0. The zero-order valence-corrected chi connectivity index (χ0v) is 19.5. The molecule has 4 aromatic rings. The number of hydrogen-bond acceptors (Lipinski definition) is 6. The standard InChI is InChI=1S/C18H22N2O2.C8H7NOS/c19-18-4-2-1-3-15(18)13-22-17-7-5-16(6-8-17)21-12-14-9-10-20-11-14;1-9-6(5-10)4-8-7(9)2-3-11-8/h1-8,14,20H,9-13,19H2;2-5H,1H3/t14-;/m1./s1. The quantitative estimate of drug-likeness (QED) is 0.301. The molecule has 6 nitrogen and oxygen atoms in total. The Hall–Kier alpha value is -3.29. The Labute approximate surface area is 197 Å². The number of nitrogens with two attached hydrogens (primary N) is 1. The van der Waals surface area contributed by atoms with Crippen molar-refractivity contribution >= 4 is 33.5 Å². The van der Waals surface area contributed by atoms with E-state index >= 15 is 0 Å². The van der Waals surface area contributed by atoms with Crippen LogP contribution in [0.3, 0.4) is 0 Å². The molecular formula is C26H29N3O3S. The highest BCUT2D eigenvalue weighted by molar-refractivity contribution is 7.17. The number of carbonyl (C=O) groups excluding carboxylic acids is 1. The molecule has 1 saturated heterocycles. The van der Waals surface area contributed by atoms with Crippen LogP contribution in [0, 0.1) is 5.92 Å². The van der Waals surface area contributed by atoms with Gasteiger partial charge in [-0.05, 0) is 60.8 Å². The second kappa shape index (κ2) is 11.0. The van der Waals surface area contributed by atoms with Crippen molar-refractivity contribution in [1.29, 1.82) is 0 Å². The Morgan fingerprint density at radius 2 is 1.88 bits per heavy atom. The summed E-state index contributed by atoms with van der Waals surface area (Å²) in [5, 5.41) is 5.37. The first-order valence-electron chi connectivity index (χ1n) is 11.0. The highest BCUT2D eigenvalue weighted by atomic mass is 32.1. The smallest absolute Gasteiger partial charge is 0.166 e. The number of fused-ring (bicyclic) bond motifs is 1. The highest BCUT2D eigenvalue weighted by Gasteiger charge is 2.14. The van der Waals surface area contributed by atoms with E-state index in [-0.39, 0.29) is 0 Å². The summed E-state index contributed by atoms with van der Waals surface area (Å²) in [6, 6.07) is 19.4. The summed E-state index contributed by atoms with van der Waals surface area (Å²) < 4.78 is 14.6. The predicted molar refractivity (Wildman–Crippen MR) is 134 cm³/mol. The van der Waals surface area contributed by atoms with E-state index in [0.717, 1.165) is 59.9 Å². The van der Waals surface area contributed by atoms with Gasteiger partial charge in [-0.2, -0.15) is 0 Å². The van der Waals surface area contributed by atoms with Crippen molar-refractivity contribution in [2.24, 2.45) is 13.0 Å². The number of nitrogen functional groups attached to an aromatic ring is 1. The molecule has 172 valence electrons. The number of para-hydroxylation sites is 1. The molecule has 0 aliphatic carbocycles. The van der Waals surface area contributed by atoms with Crippen molar-refractivity contribution in [3.05, 3.63) is 77.3 Å². The molecule has 0 amide bonds. The van der Waals surface area contributed by atoms with E-state index in [1.165, 1.54) is 11.1 Å². The van der Waals surface area contributed by atoms with Crippen LogP contribution in [0.4, 0.5) is 5.69 Å². The molecular weight excluding hydrogens is 434 g/mol. The number of nitrogens with one attached hydrogen (secondary N) is 1. The van der Waals surface area contributed by atoms with Gasteiger partial charge >= 0.3 is 0 Å². The number of aldehydes is 1. The SMILES string of the molecule is Cn1c(C=O)cc2sccc21.Nc1ccccc1COc1ccc(OC[C@@H]2CCNC2)cc1. The van der Waals surface area contributed by atoms with Gasteiger partial charge in [0.15, 0.2) is 6.29 Å². The van der Waals surface area contributed by atoms with Crippen molar-refractivity contribution in [3.63, 3.8) is 0 Å². The maximum Gasteiger partial charge on any atom is 0.166 e. The average molecular weight is 464 g/mol. The van der Waals surface area contributed by atoms with Crippen molar-refractivity contribution in [2.75, 3.05) is 25.4 Å². The van der Waals surface area contributed by atoms with Crippen LogP contribution in [0.2, 0.25) is 0 Å². The predicted octanol–water partition coefficient (Wildman–Crippen LogP) is 4.89. The Balaban J connectivity index is 0.000000196. The lowest BCUT2D eigenvalue weighted by Gasteiger charge is -2.12. The molecule has 5 rings (SSSR count). The molecule has 0 radical (unpaired) electrons. The van der Waals surface area contributed by atoms with Crippen molar-refractivity contribution in [2.45, 2.75) is 13.0 Å². The van der Waals surface area contributed by atoms with Gasteiger partial charge in [0, 0.05) is 30.8 Å². The van der Waals surface area contributed by atoms with E-state index < -0.39 is 0 Å². The minimum atomic E-state index is 0.473. The van der Waals surface area contributed by atoms with E-state index in [1.54, 1.807) is 11.3 Å². The lowest BCUT2D eigenvalue weighted by molar-refractivity contribution is 0.111. The monoisotopic (exact) mass is 463 g/mol. The average Bonchev–Trinajstić information content (AvgIpc) is 3.58. The fourth-order valence-electron chi connectivity index (χ4n) is 3.71. The molecule has 3 N–H and O–H groups in total. The van der Waals surface area contributed by atoms with Gasteiger partial charge in [0.05, 0.1) is 22.5 Å². The maximum absolute atomic E-state index is 10.5. The molecule has 7 heteroatoms. The van der Waals surface area contributed by atoms with Crippen LogP contribution in [0.1, 0.15) is 22.5 Å². The molecule has 33 heavy (non-hydrogen) atoms. The van der Waals surface area contributed by atoms with Crippen LogP contribution in [0.5, 0.6) is 11.5 Å². The first-order valence-corrected chi connectivity index (χ1v) is 11.9. The summed E-state index contributed by atoms with van der Waals surface area (Å²) in [4.78, 5) is 10.5. The summed E-state index contributed by atoms with van der Waals surface area (Å²) in [7, 11) is 1.90. The third kappa shape index (κ3) is 5.94. The minimum Gasteiger partial charge on any atom is -0.493 e. The highest BCUT2D eigenvalue weighted by Crippen LogP contribution is 2.23. The summed E-state index contributed by atoms with van der Waals surface area (Å²) in [6.45, 7) is 3.40. The molecule has 0 bridgehead atoms. The van der Waals surface area contributed by atoms with Crippen LogP contribution in [-0.2, 0) is 13.7 Å². The molecule has 1 fully saturated rings. The lowest BCUT2D eigenvalue weighted by atomic mass is 10.1. The second-order valence-corrected chi connectivity index (χ2v) is 8.99. The van der Waals surface area contributed by atoms with Gasteiger partial charge in [-0.15, -0.1) is 11.3 Å². The van der Waals surface area contributed by atoms with E-state index in [4.69, 9.17) is 15.2 Å². The van der Waals surface area contributed by atoms with Crippen LogP contribution in [0.25, 0.3) is 10.2 Å². The molecule has 0 spiro atoms. The third-order valence-corrected chi connectivity index (χ3v) is 6.60. The van der Waals surface area contributed by atoms with Gasteiger partial charge in [-0.1, -0.05) is 18.2 Å². The molecule has 2 aromatic carbocycles. The Morgan fingerprint density at radius 3 is 2.55 bits per heavy atom. The van der Waals surface area contributed by atoms with Gasteiger partial charge in [0.25, 0.3) is 0 Å². The molecule has 1 atom stereocenters. The lowest BCUT2D eigenvalue weighted by Crippen LogP contribution is -2.15. The van der Waals surface area contributed by atoms with Crippen molar-refractivity contribution in [1.82, 2.24) is 9.88 Å². The van der Waals surface area contributed by atoms with E-state index in [2.05, 4.69) is 5.32 Å². The first-order chi connectivity index (χ1) is 16.1. The van der Waals surface area contributed by atoms with Gasteiger partial charge < -0.3 is 25.1 Å². The zero-order valence-electron chi connectivity index (χ0n) is 18.7. The van der Waals surface area contributed by atoms with Gasteiger partial charge in [0.1, 0.15) is 18.1 Å². The fourth-order valence-corrected chi connectivity index (χ4v) is 4.57. The Bertz CT molecular complexity index is 1180. The number of nitrogens with zero attached hydrogens (tertiary/aromatic N) is 1. The maximum atomic E-state index is 10.5. The number of hydrogen-bond donors (Lipinski definition) is 2. The number of aromatic nitrogens is 1. The number of aryl methyl sites for hydroxylation is 1. The Kier molecular flexibility index (Phi) is 7.65. The summed E-state index contributed by atoms with van der Waals surface area (Å²) >= 11 is 1.66. The number of anilines is 1. The van der Waals surface area contributed by atoms with Crippen LogP contribution >= 0.6 is 11.3 Å². The molecule has 0 saturated carbocycles. The third-order valence-electron chi connectivity index (χ3n) is 5.74. The van der Waals surface area contributed by atoms with Gasteiger partial charge in [-0.25, -0.2) is 0 Å². The molecule has 2 aromatic heterocycles. The first kappa shape index (κ1) is 22.9. The van der Waals surface area contributed by atoms with Crippen LogP contribution in [0.15, 0.2) is 66.0 Å². The Morgan fingerprint density at radius 1 is 1.12 bits per heavy atom. The molecule has 1 aliphatic heterocycles. The largest absolute Gasteiger partial charge is 0.493 e. The summed E-state index contributed by atoms with van der Waals surface area (Å²) in [5.74, 6) is 2.33. The number of thiophene rings is 1. The summed E-state index contributed by atoms with van der Waals surface area (Å²) in [5.41, 5.74) is 9.54. The van der Waals surface area contributed by atoms with E-state index in [0.29, 0.717) is 12.5 Å². The number of rotatable bonds is 7. The second-order valence-electron chi connectivity index (χ2n) is 8.04. The molecule has 3 heterocycles. The van der Waals surface area contributed by atoms with Crippen LogP contribution < -0.4 is 20.5 Å². The van der Waals surface area contributed by atoms with E-state index in [1.807, 2.05) is 77.7 Å². The number of benzene rings is 2. The van der Waals surface area contributed by atoms with Crippen molar-refractivity contribution < 1.29 is 14.3 Å². The summed E-state index contributed by atoms with van der Waals surface area (Å²) in [6.07, 6.45) is 2.08. The normalized spacial score (nSPS) is 15.1. The number of carbonyl (C=O) groups is 1. The minimum absolute atomic E-state index is 0.473. The van der Waals surface area contributed by atoms with Gasteiger partial charge in [-0.3, -0.25) is 4.79 Å². The topological polar surface area (TPSA) is 78.5 Å². The van der Waals surface area contributed by atoms with Crippen LogP contribution in [-0.4, -0.2) is 30.5 Å². The van der Waals surface area contributed by atoms with E-state index in [9.17, 15) is 4.79 Å². The fraction of sp³-hybridized carbons (Fsp3) is 0.269.